The highest BCUT2D eigenvalue weighted by atomic mass is 79.9. The summed E-state index contributed by atoms with van der Waals surface area (Å²) in [4.78, 5) is 11.0. The number of hydrogen-bond acceptors (Lipinski definition) is 3. The Bertz CT molecular complexity index is 623. The van der Waals surface area contributed by atoms with Crippen LogP contribution in [-0.4, -0.2) is 13.1 Å². The summed E-state index contributed by atoms with van der Waals surface area (Å²) in [5.41, 5.74) is 1.42. The van der Waals surface area contributed by atoms with Crippen LogP contribution in [0, 0.1) is 5.82 Å². The van der Waals surface area contributed by atoms with Gasteiger partial charge in [0.25, 0.3) is 0 Å². The highest BCUT2D eigenvalue weighted by Gasteiger charge is 2.11. The first-order valence-electron chi connectivity index (χ1n) is 5.37. The molecule has 0 saturated carbocycles. The number of methoxy groups -OCH3 is 1. The van der Waals surface area contributed by atoms with Crippen LogP contribution in [0.4, 0.5) is 4.39 Å². The molecule has 2 rings (SSSR count). The number of carboxylic acid groups (broad SMARTS) is 1. The van der Waals surface area contributed by atoms with Crippen molar-refractivity contribution in [3.8, 4) is 16.9 Å². The van der Waals surface area contributed by atoms with Crippen LogP contribution in [0.3, 0.4) is 0 Å². The Morgan fingerprint density at radius 3 is 2.42 bits per heavy atom. The second-order valence-electron chi connectivity index (χ2n) is 3.83. The van der Waals surface area contributed by atoms with Gasteiger partial charge in [-0.15, -0.1) is 0 Å². The maximum Gasteiger partial charge on any atom is 0.128 e. The number of benzene rings is 2. The summed E-state index contributed by atoms with van der Waals surface area (Å²) < 4.78 is 18.5. The van der Waals surface area contributed by atoms with Gasteiger partial charge in [0.1, 0.15) is 11.6 Å². The molecule has 0 spiro atoms. The molecule has 5 heteroatoms. The average molecular weight is 324 g/mol. The fourth-order valence-electron chi connectivity index (χ4n) is 1.73. The largest absolute Gasteiger partial charge is 0.545 e. The molecule has 2 aromatic rings. The quantitative estimate of drug-likeness (QED) is 0.872. The summed E-state index contributed by atoms with van der Waals surface area (Å²) in [6.45, 7) is 0. The molecule has 2 aromatic carbocycles. The van der Waals surface area contributed by atoms with Gasteiger partial charge in [0.05, 0.1) is 13.1 Å². The van der Waals surface area contributed by atoms with Gasteiger partial charge in [0.2, 0.25) is 0 Å². The van der Waals surface area contributed by atoms with Crippen molar-refractivity contribution >= 4 is 21.9 Å². The van der Waals surface area contributed by atoms with Crippen molar-refractivity contribution in [1.82, 2.24) is 0 Å². The molecule has 0 aliphatic rings. The minimum absolute atomic E-state index is 0.0414. The Balaban J connectivity index is 2.58. The number of hydrogen-bond donors (Lipinski definition) is 0. The molecule has 0 aliphatic carbocycles. The first-order valence-corrected chi connectivity index (χ1v) is 6.17. The van der Waals surface area contributed by atoms with Crippen LogP contribution in [0.5, 0.6) is 5.75 Å². The lowest BCUT2D eigenvalue weighted by molar-refractivity contribution is -0.255. The van der Waals surface area contributed by atoms with Crippen LogP contribution in [0.1, 0.15) is 10.4 Å². The molecule has 0 amide bonds. The van der Waals surface area contributed by atoms with Crippen molar-refractivity contribution in [3.63, 3.8) is 0 Å². The fraction of sp³-hybridized carbons (Fsp3) is 0.0714. The van der Waals surface area contributed by atoms with E-state index in [1.54, 1.807) is 18.2 Å². The van der Waals surface area contributed by atoms with E-state index >= 15 is 0 Å². The number of carboxylic acids is 1. The van der Waals surface area contributed by atoms with Crippen LogP contribution in [0.25, 0.3) is 11.1 Å². The molecule has 19 heavy (non-hydrogen) atoms. The molecule has 0 unspecified atom stereocenters. The summed E-state index contributed by atoms with van der Waals surface area (Å²) >= 11 is 3.29. The molecule has 98 valence electrons. The maximum absolute atomic E-state index is 12.9. The minimum Gasteiger partial charge on any atom is -0.545 e. The summed E-state index contributed by atoms with van der Waals surface area (Å²) in [6, 6.07) is 8.86. The van der Waals surface area contributed by atoms with Gasteiger partial charge in [0.15, 0.2) is 0 Å². The number of ether oxygens (including phenoxy) is 1. The number of carbonyl (C=O) groups excluding carboxylic acids is 1. The van der Waals surface area contributed by atoms with Crippen LogP contribution in [0.2, 0.25) is 0 Å². The lowest BCUT2D eigenvalue weighted by Crippen LogP contribution is -2.23. The first kappa shape index (κ1) is 13.5. The van der Waals surface area contributed by atoms with Crippen molar-refractivity contribution < 1.29 is 19.0 Å². The molecular formula is C14H9BrFO3-. The zero-order chi connectivity index (χ0) is 14.0. The standard InChI is InChI=1S/C14H10BrFO3/c1-19-13-7-10(8-2-4-9(16)5-3-8)12(15)6-11(13)14(17)18/h2-7H,1H3,(H,17,18)/p-1. The molecule has 0 aliphatic heterocycles. The van der Waals surface area contributed by atoms with Gasteiger partial charge in [-0.25, -0.2) is 4.39 Å². The second kappa shape index (κ2) is 5.40. The van der Waals surface area contributed by atoms with E-state index in [9.17, 15) is 14.3 Å². The summed E-state index contributed by atoms with van der Waals surface area (Å²) in [5.74, 6) is -1.45. The predicted molar refractivity (Wildman–Crippen MR) is 70.4 cm³/mol. The van der Waals surface area contributed by atoms with Gasteiger partial charge < -0.3 is 14.6 Å². The normalized spacial score (nSPS) is 10.3. The van der Waals surface area contributed by atoms with Gasteiger partial charge in [-0.1, -0.05) is 28.1 Å². The third-order valence-electron chi connectivity index (χ3n) is 2.66. The SMILES string of the molecule is COc1cc(-c2ccc(F)cc2)c(Br)cc1C(=O)[O-]. The maximum atomic E-state index is 12.9. The van der Waals surface area contributed by atoms with Gasteiger partial charge in [0, 0.05) is 10.0 Å². The molecule has 0 N–H and O–H groups in total. The third kappa shape index (κ3) is 2.76. The Labute approximate surface area is 117 Å². The van der Waals surface area contributed by atoms with E-state index in [-0.39, 0.29) is 17.1 Å². The van der Waals surface area contributed by atoms with Gasteiger partial charge >= 0.3 is 0 Å². The Morgan fingerprint density at radius 1 is 1.26 bits per heavy atom. The summed E-state index contributed by atoms with van der Waals surface area (Å²) in [7, 11) is 1.38. The van der Waals surface area contributed by atoms with Crippen molar-refractivity contribution in [2.75, 3.05) is 7.11 Å². The molecule has 0 bridgehead atoms. The molecule has 0 atom stereocenters. The van der Waals surface area contributed by atoms with E-state index < -0.39 is 5.97 Å². The molecule has 0 radical (unpaired) electrons. The molecule has 0 fully saturated rings. The van der Waals surface area contributed by atoms with Crippen LogP contribution in [-0.2, 0) is 0 Å². The van der Waals surface area contributed by atoms with Gasteiger partial charge in [-0.3, -0.25) is 0 Å². The lowest BCUT2D eigenvalue weighted by Gasteiger charge is -2.13. The Hall–Kier alpha value is -1.88. The predicted octanol–water partition coefficient (Wildman–Crippen LogP) is 2.63. The second-order valence-corrected chi connectivity index (χ2v) is 4.68. The highest BCUT2D eigenvalue weighted by molar-refractivity contribution is 9.10. The topological polar surface area (TPSA) is 49.4 Å². The molecule has 0 saturated heterocycles. The van der Waals surface area contributed by atoms with Crippen molar-refractivity contribution in [1.29, 1.82) is 0 Å². The monoisotopic (exact) mass is 323 g/mol. The van der Waals surface area contributed by atoms with E-state index in [0.29, 0.717) is 10.0 Å². The van der Waals surface area contributed by atoms with Crippen molar-refractivity contribution in [2.45, 2.75) is 0 Å². The molecule has 0 heterocycles. The van der Waals surface area contributed by atoms with Crippen LogP contribution >= 0.6 is 15.9 Å². The Morgan fingerprint density at radius 2 is 1.89 bits per heavy atom. The third-order valence-corrected chi connectivity index (χ3v) is 3.32. The highest BCUT2D eigenvalue weighted by Crippen LogP contribution is 2.34. The number of carbonyl (C=O) groups is 1. The van der Waals surface area contributed by atoms with Gasteiger partial charge in [-0.05, 0) is 35.4 Å². The smallest absolute Gasteiger partial charge is 0.128 e. The zero-order valence-electron chi connectivity index (χ0n) is 9.94. The number of halogens is 2. The molecule has 0 aromatic heterocycles. The average Bonchev–Trinajstić information content (AvgIpc) is 2.39. The fourth-order valence-corrected chi connectivity index (χ4v) is 2.30. The van der Waals surface area contributed by atoms with E-state index in [1.807, 2.05) is 0 Å². The number of rotatable bonds is 3. The van der Waals surface area contributed by atoms with Crippen molar-refractivity contribution in [2.24, 2.45) is 0 Å². The number of aromatic carboxylic acids is 1. The molecule has 3 nitrogen and oxygen atoms in total. The zero-order valence-corrected chi connectivity index (χ0v) is 11.5. The summed E-state index contributed by atoms with van der Waals surface area (Å²) in [6.07, 6.45) is 0. The van der Waals surface area contributed by atoms with Gasteiger partial charge in [-0.2, -0.15) is 0 Å². The molecular weight excluding hydrogens is 315 g/mol. The summed E-state index contributed by atoms with van der Waals surface area (Å²) in [5, 5.41) is 11.0. The minimum atomic E-state index is -1.32. The van der Waals surface area contributed by atoms with E-state index in [2.05, 4.69) is 15.9 Å². The van der Waals surface area contributed by atoms with E-state index in [4.69, 9.17) is 4.74 Å². The van der Waals surface area contributed by atoms with Crippen LogP contribution < -0.4 is 9.84 Å². The van der Waals surface area contributed by atoms with E-state index in [0.717, 1.165) is 5.56 Å². The Kier molecular flexibility index (Phi) is 3.85. The van der Waals surface area contributed by atoms with E-state index in [1.165, 1.54) is 25.3 Å². The first-order chi connectivity index (χ1) is 9.02. The lowest BCUT2D eigenvalue weighted by atomic mass is 10.0. The van der Waals surface area contributed by atoms with Crippen LogP contribution in [0.15, 0.2) is 40.9 Å². The van der Waals surface area contributed by atoms with Crippen molar-refractivity contribution in [3.05, 3.63) is 52.3 Å².